The fourth-order valence-electron chi connectivity index (χ4n) is 1.74. The van der Waals surface area contributed by atoms with Crippen molar-refractivity contribution in [2.75, 3.05) is 0 Å². The molecule has 0 amide bonds. The fraction of sp³-hybridized carbons (Fsp3) is 0.875. The van der Waals surface area contributed by atoms with E-state index in [4.69, 9.17) is 9.47 Å². The minimum Gasteiger partial charge on any atom is -0.460 e. The molecule has 1 aliphatic carbocycles. The van der Waals surface area contributed by atoms with Gasteiger partial charge in [-0.25, -0.2) is 0 Å². The van der Waals surface area contributed by atoms with Gasteiger partial charge in [0.25, 0.3) is 0 Å². The second kappa shape index (κ2) is 2.48. The van der Waals surface area contributed by atoms with E-state index in [-0.39, 0.29) is 18.2 Å². The number of hydrogen-bond acceptors (Lipinski definition) is 3. The zero-order valence-electron chi connectivity index (χ0n) is 6.58. The van der Waals surface area contributed by atoms with E-state index in [1.807, 2.05) is 0 Å². The number of hydrogen-bond donors (Lipinski definition) is 0. The normalized spacial score (nSPS) is 41.0. The summed E-state index contributed by atoms with van der Waals surface area (Å²) in [6, 6.07) is 0. The Bertz CT molecular complexity index is 178. The number of ether oxygens (including phenoxy) is 2. The Morgan fingerprint density at radius 3 is 3.09 bits per heavy atom. The molecule has 0 bridgehead atoms. The molecule has 1 aliphatic heterocycles. The average molecular weight is 156 g/mol. The fourth-order valence-corrected chi connectivity index (χ4v) is 1.74. The molecule has 2 aliphatic rings. The third kappa shape index (κ3) is 1.38. The van der Waals surface area contributed by atoms with Crippen LogP contribution in [0.15, 0.2) is 0 Å². The molecule has 0 aromatic carbocycles. The zero-order valence-corrected chi connectivity index (χ0v) is 6.58. The SMILES string of the molecule is CC(=O)O[C@@H]1CCC[C@H]2O[C@@H]12. The Morgan fingerprint density at radius 2 is 2.36 bits per heavy atom. The summed E-state index contributed by atoms with van der Waals surface area (Å²) in [6.45, 7) is 1.45. The van der Waals surface area contributed by atoms with Gasteiger partial charge in [0.15, 0.2) is 0 Å². The van der Waals surface area contributed by atoms with Crippen molar-refractivity contribution < 1.29 is 14.3 Å². The van der Waals surface area contributed by atoms with Crippen molar-refractivity contribution in [3.8, 4) is 0 Å². The Labute approximate surface area is 65.7 Å². The molecule has 0 N–H and O–H groups in total. The highest BCUT2D eigenvalue weighted by Crippen LogP contribution is 2.38. The van der Waals surface area contributed by atoms with E-state index < -0.39 is 0 Å². The summed E-state index contributed by atoms with van der Waals surface area (Å²) in [5.74, 6) is -0.189. The van der Waals surface area contributed by atoms with E-state index in [1.165, 1.54) is 6.92 Å². The van der Waals surface area contributed by atoms with E-state index in [1.54, 1.807) is 0 Å². The first-order valence-electron chi connectivity index (χ1n) is 4.10. The predicted molar refractivity (Wildman–Crippen MR) is 38.1 cm³/mol. The molecule has 0 aromatic rings. The van der Waals surface area contributed by atoms with Gasteiger partial charge in [-0.15, -0.1) is 0 Å². The third-order valence-corrected chi connectivity index (χ3v) is 2.28. The highest BCUT2D eigenvalue weighted by Gasteiger charge is 2.48. The van der Waals surface area contributed by atoms with Crippen molar-refractivity contribution in [1.29, 1.82) is 0 Å². The molecule has 3 atom stereocenters. The second-order valence-corrected chi connectivity index (χ2v) is 3.22. The number of carbonyl (C=O) groups is 1. The largest absolute Gasteiger partial charge is 0.460 e. The first-order chi connectivity index (χ1) is 5.27. The topological polar surface area (TPSA) is 38.8 Å². The molecule has 1 saturated heterocycles. The monoisotopic (exact) mass is 156 g/mol. The van der Waals surface area contributed by atoms with Crippen LogP contribution in [0.2, 0.25) is 0 Å². The van der Waals surface area contributed by atoms with Gasteiger partial charge in [-0.3, -0.25) is 4.79 Å². The highest BCUT2D eigenvalue weighted by atomic mass is 16.6. The van der Waals surface area contributed by atoms with Gasteiger partial charge in [-0.05, 0) is 19.3 Å². The summed E-state index contributed by atoms with van der Waals surface area (Å²) >= 11 is 0. The molecule has 3 nitrogen and oxygen atoms in total. The van der Waals surface area contributed by atoms with Crippen LogP contribution < -0.4 is 0 Å². The van der Waals surface area contributed by atoms with Crippen LogP contribution in [0.5, 0.6) is 0 Å². The number of carbonyl (C=O) groups excluding carboxylic acids is 1. The van der Waals surface area contributed by atoms with E-state index in [2.05, 4.69) is 0 Å². The third-order valence-electron chi connectivity index (χ3n) is 2.28. The lowest BCUT2D eigenvalue weighted by molar-refractivity contribution is -0.147. The van der Waals surface area contributed by atoms with Crippen LogP contribution >= 0.6 is 0 Å². The predicted octanol–water partition coefficient (Wildman–Crippen LogP) is 0.869. The van der Waals surface area contributed by atoms with E-state index in [0.29, 0.717) is 6.10 Å². The Kier molecular flexibility index (Phi) is 1.60. The molecule has 0 spiro atoms. The van der Waals surface area contributed by atoms with Crippen molar-refractivity contribution in [3.05, 3.63) is 0 Å². The van der Waals surface area contributed by atoms with Crippen molar-refractivity contribution in [2.24, 2.45) is 0 Å². The van der Waals surface area contributed by atoms with Gasteiger partial charge in [-0.1, -0.05) is 0 Å². The van der Waals surface area contributed by atoms with Gasteiger partial charge in [0.1, 0.15) is 12.2 Å². The van der Waals surface area contributed by atoms with Crippen LogP contribution in [0.1, 0.15) is 26.2 Å². The smallest absolute Gasteiger partial charge is 0.302 e. The summed E-state index contributed by atoms with van der Waals surface area (Å²) in [4.78, 5) is 10.6. The lowest BCUT2D eigenvalue weighted by atomic mass is 9.98. The molecular weight excluding hydrogens is 144 g/mol. The highest BCUT2D eigenvalue weighted by molar-refractivity contribution is 5.66. The maximum Gasteiger partial charge on any atom is 0.302 e. The maximum atomic E-state index is 10.6. The Balaban J connectivity index is 1.88. The van der Waals surface area contributed by atoms with Gasteiger partial charge in [0, 0.05) is 6.92 Å². The standard InChI is InChI=1S/C8H12O3/c1-5(9)10-6-3-2-4-7-8(6)11-7/h6-8H,2-4H2,1H3/t6-,7-,8+/m1/s1. The van der Waals surface area contributed by atoms with Crippen LogP contribution in [-0.2, 0) is 14.3 Å². The molecule has 1 saturated carbocycles. The summed E-state index contributed by atoms with van der Waals surface area (Å²) in [7, 11) is 0. The van der Waals surface area contributed by atoms with Crippen molar-refractivity contribution >= 4 is 5.97 Å². The van der Waals surface area contributed by atoms with Gasteiger partial charge < -0.3 is 9.47 Å². The zero-order chi connectivity index (χ0) is 7.84. The van der Waals surface area contributed by atoms with Crippen LogP contribution in [-0.4, -0.2) is 24.3 Å². The minimum absolute atomic E-state index is 0.0475. The molecule has 11 heavy (non-hydrogen) atoms. The van der Waals surface area contributed by atoms with E-state index in [9.17, 15) is 4.79 Å². The van der Waals surface area contributed by atoms with Crippen LogP contribution in [0.3, 0.4) is 0 Å². The molecular formula is C8H12O3. The van der Waals surface area contributed by atoms with Crippen LogP contribution in [0.4, 0.5) is 0 Å². The number of epoxide rings is 1. The minimum atomic E-state index is -0.189. The quantitative estimate of drug-likeness (QED) is 0.417. The average Bonchev–Trinajstić information content (AvgIpc) is 2.65. The van der Waals surface area contributed by atoms with Crippen LogP contribution in [0.25, 0.3) is 0 Å². The Morgan fingerprint density at radius 1 is 1.55 bits per heavy atom. The molecule has 2 fully saturated rings. The molecule has 0 aromatic heterocycles. The van der Waals surface area contributed by atoms with Crippen molar-refractivity contribution in [3.63, 3.8) is 0 Å². The first-order valence-corrected chi connectivity index (χ1v) is 4.10. The molecule has 3 heteroatoms. The van der Waals surface area contributed by atoms with E-state index >= 15 is 0 Å². The molecule has 62 valence electrons. The van der Waals surface area contributed by atoms with E-state index in [0.717, 1.165) is 19.3 Å². The summed E-state index contributed by atoms with van der Waals surface area (Å²) in [6.07, 6.45) is 3.91. The number of fused-ring (bicyclic) bond motifs is 1. The first kappa shape index (κ1) is 7.10. The second-order valence-electron chi connectivity index (χ2n) is 3.22. The molecule has 0 unspecified atom stereocenters. The van der Waals surface area contributed by atoms with Crippen molar-refractivity contribution in [2.45, 2.75) is 44.5 Å². The summed E-state index contributed by atoms with van der Waals surface area (Å²) in [5.41, 5.74) is 0. The van der Waals surface area contributed by atoms with Gasteiger partial charge in [0.2, 0.25) is 0 Å². The summed E-state index contributed by atoms with van der Waals surface area (Å²) < 4.78 is 10.4. The van der Waals surface area contributed by atoms with Gasteiger partial charge in [-0.2, -0.15) is 0 Å². The van der Waals surface area contributed by atoms with Gasteiger partial charge >= 0.3 is 5.97 Å². The lowest BCUT2D eigenvalue weighted by Crippen LogP contribution is -2.26. The molecule has 2 rings (SSSR count). The van der Waals surface area contributed by atoms with Crippen molar-refractivity contribution in [1.82, 2.24) is 0 Å². The molecule has 0 radical (unpaired) electrons. The van der Waals surface area contributed by atoms with Gasteiger partial charge in [0.05, 0.1) is 6.10 Å². The Hall–Kier alpha value is -0.570. The maximum absolute atomic E-state index is 10.6. The number of rotatable bonds is 1. The van der Waals surface area contributed by atoms with Crippen LogP contribution in [0, 0.1) is 0 Å². The molecule has 1 heterocycles. The lowest BCUT2D eigenvalue weighted by Gasteiger charge is -2.17. The number of esters is 1. The summed E-state index contributed by atoms with van der Waals surface area (Å²) in [5, 5.41) is 0.